The number of nitrogens with zero attached hydrogens (tertiary/aromatic N) is 2. The van der Waals surface area contributed by atoms with Gasteiger partial charge in [-0.3, -0.25) is 4.79 Å². The summed E-state index contributed by atoms with van der Waals surface area (Å²) in [5.41, 5.74) is 7.71. The number of benzene rings is 3. The van der Waals surface area contributed by atoms with Gasteiger partial charge in [0.25, 0.3) is 0 Å². The van der Waals surface area contributed by atoms with Crippen molar-refractivity contribution in [1.29, 1.82) is 0 Å². The first-order chi connectivity index (χ1) is 14.6. The van der Waals surface area contributed by atoms with Gasteiger partial charge in [-0.15, -0.1) is 0 Å². The number of para-hydroxylation sites is 1. The molecule has 0 saturated carbocycles. The average Bonchev–Trinajstić information content (AvgIpc) is 3.02. The van der Waals surface area contributed by atoms with Crippen LogP contribution in [-0.2, 0) is 17.8 Å². The van der Waals surface area contributed by atoms with Crippen LogP contribution >= 0.6 is 0 Å². The second-order valence-corrected chi connectivity index (χ2v) is 7.18. The summed E-state index contributed by atoms with van der Waals surface area (Å²) >= 11 is 0. The number of hydrogen-bond acceptors (Lipinski definition) is 2. The third-order valence-electron chi connectivity index (χ3n) is 5.12. The molecule has 0 radical (unpaired) electrons. The van der Waals surface area contributed by atoms with Gasteiger partial charge in [0.05, 0.1) is 12.6 Å². The van der Waals surface area contributed by atoms with E-state index < -0.39 is 0 Å². The molecule has 4 aromatic rings. The smallest absolute Gasteiger partial charge is 0.244 e. The van der Waals surface area contributed by atoms with Gasteiger partial charge in [-0.2, -0.15) is 5.10 Å². The summed E-state index contributed by atoms with van der Waals surface area (Å²) in [5, 5.41) is 5.26. The van der Waals surface area contributed by atoms with E-state index in [1.165, 1.54) is 17.7 Å². The largest absolute Gasteiger partial charge is 0.340 e. The highest BCUT2D eigenvalue weighted by Gasteiger charge is 2.12. The predicted octanol–water partition coefficient (Wildman–Crippen LogP) is 4.83. The molecule has 0 fully saturated rings. The molecule has 3 aromatic carbocycles. The van der Waals surface area contributed by atoms with Crippen LogP contribution in [0.3, 0.4) is 0 Å². The Kier molecular flexibility index (Phi) is 5.70. The van der Waals surface area contributed by atoms with E-state index in [2.05, 4.69) is 46.3 Å². The molecular formula is C25H22FN3O. The average molecular weight is 399 g/mol. The highest BCUT2D eigenvalue weighted by Crippen LogP contribution is 2.25. The Hall–Kier alpha value is -3.73. The van der Waals surface area contributed by atoms with E-state index in [1.54, 1.807) is 18.3 Å². The number of carbonyl (C=O) groups excluding carboxylic acids is 1. The van der Waals surface area contributed by atoms with Crippen LogP contribution in [0.4, 0.5) is 4.39 Å². The summed E-state index contributed by atoms with van der Waals surface area (Å²) in [4.78, 5) is 12.2. The number of rotatable bonds is 6. The summed E-state index contributed by atoms with van der Waals surface area (Å²) < 4.78 is 15.2. The van der Waals surface area contributed by atoms with Gasteiger partial charge in [0.15, 0.2) is 0 Å². The Bertz CT molecular complexity index is 1190. The van der Waals surface area contributed by atoms with Crippen molar-refractivity contribution in [2.45, 2.75) is 19.9 Å². The Labute approximate surface area is 174 Å². The molecule has 1 amide bonds. The maximum atomic E-state index is 13.0. The van der Waals surface area contributed by atoms with Gasteiger partial charge in [0.1, 0.15) is 5.82 Å². The highest BCUT2D eigenvalue weighted by molar-refractivity contribution is 6.01. The van der Waals surface area contributed by atoms with Gasteiger partial charge < -0.3 is 4.57 Å². The molecule has 150 valence electrons. The van der Waals surface area contributed by atoms with E-state index in [-0.39, 0.29) is 18.1 Å². The van der Waals surface area contributed by atoms with Crippen molar-refractivity contribution < 1.29 is 9.18 Å². The predicted molar refractivity (Wildman–Crippen MR) is 118 cm³/mol. The Morgan fingerprint density at radius 3 is 2.43 bits per heavy atom. The molecule has 0 unspecified atom stereocenters. The van der Waals surface area contributed by atoms with Crippen molar-refractivity contribution in [3.05, 3.63) is 107 Å². The molecule has 0 spiro atoms. The molecular weight excluding hydrogens is 377 g/mol. The van der Waals surface area contributed by atoms with E-state index in [0.29, 0.717) is 0 Å². The summed E-state index contributed by atoms with van der Waals surface area (Å²) in [5.74, 6) is -0.567. The van der Waals surface area contributed by atoms with E-state index >= 15 is 0 Å². The zero-order valence-electron chi connectivity index (χ0n) is 16.7. The molecule has 0 aliphatic carbocycles. The van der Waals surface area contributed by atoms with Crippen LogP contribution < -0.4 is 5.43 Å². The lowest BCUT2D eigenvalue weighted by Gasteiger charge is -2.08. The van der Waals surface area contributed by atoms with E-state index in [9.17, 15) is 9.18 Å². The van der Waals surface area contributed by atoms with Gasteiger partial charge >= 0.3 is 0 Å². The number of fused-ring (bicyclic) bond motifs is 1. The normalized spacial score (nSPS) is 11.3. The van der Waals surface area contributed by atoms with E-state index in [1.807, 2.05) is 30.3 Å². The zero-order chi connectivity index (χ0) is 20.9. The molecule has 0 aliphatic heterocycles. The van der Waals surface area contributed by atoms with Crippen molar-refractivity contribution in [2.75, 3.05) is 0 Å². The van der Waals surface area contributed by atoms with Crippen molar-refractivity contribution in [2.24, 2.45) is 5.10 Å². The monoisotopic (exact) mass is 399 g/mol. The number of nitrogens with one attached hydrogen (secondary N) is 1. The van der Waals surface area contributed by atoms with Crippen LogP contribution in [0.2, 0.25) is 0 Å². The fraction of sp³-hybridized carbons (Fsp3) is 0.120. The van der Waals surface area contributed by atoms with Gasteiger partial charge in [0, 0.05) is 28.7 Å². The number of aromatic nitrogens is 1. The topological polar surface area (TPSA) is 46.4 Å². The first kappa shape index (κ1) is 19.6. The fourth-order valence-corrected chi connectivity index (χ4v) is 3.59. The third kappa shape index (κ3) is 4.30. The molecule has 5 heteroatoms. The number of hydrazone groups is 1. The second-order valence-electron chi connectivity index (χ2n) is 7.18. The second kappa shape index (κ2) is 8.74. The molecule has 0 saturated heterocycles. The standard InChI is InChI=1S/C25H22FN3O/c1-18-23(16-27-28-25(30)15-19-11-13-21(26)14-12-19)22-9-5-6-10-24(22)29(18)17-20-7-3-2-4-8-20/h2-14,16H,15,17H2,1H3,(H,28,30)/b27-16+. The van der Waals surface area contributed by atoms with Crippen molar-refractivity contribution in [3.63, 3.8) is 0 Å². The first-order valence-electron chi connectivity index (χ1n) is 9.80. The summed E-state index contributed by atoms with van der Waals surface area (Å²) in [6.45, 7) is 2.82. The fourth-order valence-electron chi connectivity index (χ4n) is 3.59. The van der Waals surface area contributed by atoms with Gasteiger partial charge in [-0.1, -0.05) is 60.7 Å². The number of amides is 1. The lowest BCUT2D eigenvalue weighted by Crippen LogP contribution is -2.19. The third-order valence-corrected chi connectivity index (χ3v) is 5.12. The molecule has 0 bridgehead atoms. The van der Waals surface area contributed by atoms with Crippen LogP contribution in [0, 0.1) is 12.7 Å². The minimum absolute atomic E-state index is 0.145. The van der Waals surface area contributed by atoms with Crippen molar-refractivity contribution >= 4 is 23.0 Å². The molecule has 30 heavy (non-hydrogen) atoms. The molecule has 4 rings (SSSR count). The van der Waals surface area contributed by atoms with Crippen molar-refractivity contribution in [1.82, 2.24) is 9.99 Å². The Balaban J connectivity index is 1.54. The SMILES string of the molecule is Cc1c(/C=N/NC(=O)Cc2ccc(F)cc2)c2ccccc2n1Cc1ccccc1. The maximum absolute atomic E-state index is 13.0. The van der Waals surface area contributed by atoms with E-state index in [4.69, 9.17) is 0 Å². The maximum Gasteiger partial charge on any atom is 0.244 e. The molecule has 1 heterocycles. The highest BCUT2D eigenvalue weighted by atomic mass is 19.1. The van der Waals surface area contributed by atoms with Crippen molar-refractivity contribution in [3.8, 4) is 0 Å². The van der Waals surface area contributed by atoms with E-state index in [0.717, 1.165) is 34.3 Å². The van der Waals surface area contributed by atoms with Crippen LogP contribution in [-0.4, -0.2) is 16.7 Å². The van der Waals surface area contributed by atoms with Crippen LogP contribution in [0.15, 0.2) is 84.0 Å². The van der Waals surface area contributed by atoms with Gasteiger partial charge in [0.2, 0.25) is 5.91 Å². The minimum atomic E-state index is -0.320. The number of hydrogen-bond donors (Lipinski definition) is 1. The molecule has 1 N–H and O–H groups in total. The minimum Gasteiger partial charge on any atom is -0.340 e. The Morgan fingerprint density at radius 2 is 1.67 bits per heavy atom. The molecule has 0 atom stereocenters. The number of carbonyl (C=O) groups is 1. The van der Waals surface area contributed by atoms with Crippen LogP contribution in [0.1, 0.15) is 22.4 Å². The van der Waals surface area contributed by atoms with Gasteiger partial charge in [-0.05, 0) is 36.2 Å². The lowest BCUT2D eigenvalue weighted by atomic mass is 10.1. The molecule has 0 aliphatic rings. The Morgan fingerprint density at radius 1 is 0.967 bits per heavy atom. The van der Waals surface area contributed by atoms with Crippen LogP contribution in [0.5, 0.6) is 0 Å². The number of halogens is 1. The van der Waals surface area contributed by atoms with Gasteiger partial charge in [-0.25, -0.2) is 9.82 Å². The summed E-state index contributed by atoms with van der Waals surface area (Å²) in [6.07, 6.45) is 1.84. The lowest BCUT2D eigenvalue weighted by molar-refractivity contribution is -0.120. The molecule has 1 aromatic heterocycles. The quantitative estimate of drug-likeness (QED) is 0.366. The first-order valence-corrected chi connectivity index (χ1v) is 9.80. The zero-order valence-corrected chi connectivity index (χ0v) is 16.7. The molecule has 4 nitrogen and oxygen atoms in total. The summed E-state index contributed by atoms with van der Waals surface area (Å²) in [7, 11) is 0. The summed E-state index contributed by atoms with van der Waals surface area (Å²) in [6, 6.07) is 24.4. The van der Waals surface area contributed by atoms with Crippen LogP contribution in [0.25, 0.3) is 10.9 Å².